The molecular formula is C14H17N3O3S. The van der Waals surface area contributed by atoms with Crippen molar-refractivity contribution in [2.75, 3.05) is 11.5 Å². The zero-order chi connectivity index (χ0) is 15.0. The zero-order valence-corrected chi connectivity index (χ0v) is 12.6. The summed E-state index contributed by atoms with van der Waals surface area (Å²) in [4.78, 5) is 16.5. The molecule has 2 aromatic heterocycles. The molecule has 1 saturated heterocycles. The van der Waals surface area contributed by atoms with Crippen molar-refractivity contribution in [3.8, 4) is 0 Å². The van der Waals surface area contributed by atoms with Gasteiger partial charge in [0.15, 0.2) is 9.84 Å². The molecule has 2 aromatic rings. The molecule has 0 unspecified atom stereocenters. The summed E-state index contributed by atoms with van der Waals surface area (Å²) in [6.07, 6.45) is 2.58. The molecule has 21 heavy (non-hydrogen) atoms. The Balaban J connectivity index is 1.74. The molecule has 0 aromatic carbocycles. The van der Waals surface area contributed by atoms with E-state index in [2.05, 4.69) is 10.3 Å². The molecule has 3 rings (SSSR count). The number of aryl methyl sites for hydroxylation is 1. The fraction of sp³-hybridized carbons (Fsp3) is 0.429. The molecule has 0 spiro atoms. The lowest BCUT2D eigenvalue weighted by molar-refractivity contribution is -0.121. The van der Waals surface area contributed by atoms with Crippen LogP contribution in [-0.4, -0.2) is 41.3 Å². The van der Waals surface area contributed by atoms with Gasteiger partial charge in [-0.1, -0.05) is 6.07 Å². The molecule has 1 N–H and O–H groups in total. The minimum absolute atomic E-state index is 0.0465. The van der Waals surface area contributed by atoms with E-state index in [1.165, 1.54) is 0 Å². The van der Waals surface area contributed by atoms with E-state index in [1.807, 2.05) is 35.7 Å². The van der Waals surface area contributed by atoms with Crippen LogP contribution in [-0.2, 0) is 21.1 Å². The first-order valence-electron chi connectivity index (χ1n) is 6.87. The van der Waals surface area contributed by atoms with Gasteiger partial charge in [-0.25, -0.2) is 13.4 Å². The normalized spacial score (nSPS) is 20.7. The topological polar surface area (TPSA) is 80.5 Å². The Bertz CT molecular complexity index is 795. The number of aromatic nitrogens is 2. The number of nitrogens with zero attached hydrogens (tertiary/aromatic N) is 2. The number of imidazole rings is 1. The van der Waals surface area contributed by atoms with E-state index in [0.717, 1.165) is 17.0 Å². The van der Waals surface area contributed by atoms with Crippen molar-refractivity contribution in [1.82, 2.24) is 14.7 Å². The number of amides is 1. The van der Waals surface area contributed by atoms with Crippen molar-refractivity contribution < 1.29 is 13.2 Å². The van der Waals surface area contributed by atoms with Crippen molar-refractivity contribution in [1.29, 1.82) is 0 Å². The largest absolute Gasteiger partial charge is 0.352 e. The Hall–Kier alpha value is -1.89. The second kappa shape index (κ2) is 5.14. The van der Waals surface area contributed by atoms with Gasteiger partial charge in [-0.05, 0) is 25.5 Å². The first-order chi connectivity index (χ1) is 9.94. The van der Waals surface area contributed by atoms with Gasteiger partial charge in [-0.2, -0.15) is 0 Å². The first-order valence-corrected chi connectivity index (χ1v) is 8.69. The Morgan fingerprint density at radius 3 is 3.00 bits per heavy atom. The van der Waals surface area contributed by atoms with Gasteiger partial charge in [-0.3, -0.25) is 4.79 Å². The highest BCUT2D eigenvalue weighted by atomic mass is 32.2. The Kier molecular flexibility index (Phi) is 3.44. The number of sulfone groups is 1. The molecule has 0 aliphatic carbocycles. The molecule has 112 valence electrons. The number of hydrogen-bond donors (Lipinski definition) is 1. The maximum Gasteiger partial charge on any atom is 0.226 e. The summed E-state index contributed by atoms with van der Waals surface area (Å²) in [5, 5.41) is 2.81. The second-order valence-corrected chi connectivity index (χ2v) is 7.65. The maximum atomic E-state index is 12.1. The summed E-state index contributed by atoms with van der Waals surface area (Å²) in [5.74, 6) is 0.0446. The van der Waals surface area contributed by atoms with E-state index in [0.29, 0.717) is 6.42 Å². The van der Waals surface area contributed by atoms with Crippen molar-refractivity contribution in [2.45, 2.75) is 25.8 Å². The van der Waals surface area contributed by atoms with E-state index in [1.54, 1.807) is 0 Å². The summed E-state index contributed by atoms with van der Waals surface area (Å²) in [6.45, 7) is 1.87. The first kappa shape index (κ1) is 14.1. The second-order valence-electron chi connectivity index (χ2n) is 5.42. The fourth-order valence-electron chi connectivity index (χ4n) is 2.72. The van der Waals surface area contributed by atoms with E-state index >= 15 is 0 Å². The van der Waals surface area contributed by atoms with Crippen LogP contribution in [0.4, 0.5) is 0 Å². The standard InChI is InChI=1S/C14H17N3O3S/c1-10-12(17-6-3-2-4-13(17)15-10)8-14(18)16-11-5-7-21(19,20)9-11/h2-4,6,11H,5,7-9H2,1H3,(H,16,18)/t11-/m0/s1. The van der Waals surface area contributed by atoms with Gasteiger partial charge in [0, 0.05) is 12.2 Å². The SMILES string of the molecule is Cc1nc2ccccn2c1CC(=O)N[C@H]1CCS(=O)(=O)C1. The number of fused-ring (bicyclic) bond motifs is 1. The molecule has 1 amide bonds. The number of carbonyl (C=O) groups is 1. The average molecular weight is 307 g/mol. The molecule has 7 heteroatoms. The molecule has 1 aliphatic heterocycles. The lowest BCUT2D eigenvalue weighted by atomic mass is 10.2. The van der Waals surface area contributed by atoms with E-state index in [4.69, 9.17) is 0 Å². The van der Waals surface area contributed by atoms with Crippen molar-refractivity contribution in [2.24, 2.45) is 0 Å². The molecule has 6 nitrogen and oxygen atoms in total. The van der Waals surface area contributed by atoms with Crippen LogP contribution in [0, 0.1) is 6.92 Å². The predicted octanol–water partition coefficient (Wildman–Crippen LogP) is 0.489. The van der Waals surface area contributed by atoms with Gasteiger partial charge >= 0.3 is 0 Å². The Morgan fingerprint density at radius 1 is 1.48 bits per heavy atom. The van der Waals surface area contributed by atoms with E-state index in [-0.39, 0.29) is 29.9 Å². The molecule has 1 aliphatic rings. The van der Waals surface area contributed by atoms with Crippen LogP contribution in [0.1, 0.15) is 17.8 Å². The van der Waals surface area contributed by atoms with Gasteiger partial charge in [0.2, 0.25) is 5.91 Å². The lowest BCUT2D eigenvalue weighted by Crippen LogP contribution is -2.36. The van der Waals surface area contributed by atoms with E-state index < -0.39 is 9.84 Å². The van der Waals surface area contributed by atoms with Crippen molar-refractivity contribution >= 4 is 21.4 Å². The van der Waals surface area contributed by atoms with Crippen molar-refractivity contribution in [3.05, 3.63) is 35.8 Å². The number of nitrogens with one attached hydrogen (secondary N) is 1. The fourth-order valence-corrected chi connectivity index (χ4v) is 4.39. The van der Waals surface area contributed by atoms with Crippen LogP contribution in [0.25, 0.3) is 5.65 Å². The van der Waals surface area contributed by atoms with Crippen LogP contribution < -0.4 is 5.32 Å². The van der Waals surface area contributed by atoms with Crippen LogP contribution in [0.3, 0.4) is 0 Å². The lowest BCUT2D eigenvalue weighted by Gasteiger charge is -2.11. The highest BCUT2D eigenvalue weighted by Crippen LogP contribution is 2.14. The minimum Gasteiger partial charge on any atom is -0.352 e. The van der Waals surface area contributed by atoms with Crippen LogP contribution in [0.5, 0.6) is 0 Å². The highest BCUT2D eigenvalue weighted by molar-refractivity contribution is 7.91. The molecular weight excluding hydrogens is 290 g/mol. The summed E-state index contributed by atoms with van der Waals surface area (Å²) >= 11 is 0. The zero-order valence-electron chi connectivity index (χ0n) is 11.7. The van der Waals surface area contributed by atoms with Gasteiger partial charge in [0.25, 0.3) is 0 Å². The molecule has 3 heterocycles. The summed E-state index contributed by atoms with van der Waals surface area (Å²) in [6, 6.07) is 5.41. The summed E-state index contributed by atoms with van der Waals surface area (Å²) in [5.41, 5.74) is 2.46. The molecule has 0 saturated carbocycles. The third-order valence-corrected chi connectivity index (χ3v) is 5.52. The summed E-state index contributed by atoms with van der Waals surface area (Å²) in [7, 11) is -2.98. The van der Waals surface area contributed by atoms with Crippen LogP contribution >= 0.6 is 0 Å². The van der Waals surface area contributed by atoms with Gasteiger partial charge in [-0.15, -0.1) is 0 Å². The molecule has 1 atom stereocenters. The summed E-state index contributed by atoms with van der Waals surface area (Å²) < 4.78 is 24.7. The minimum atomic E-state index is -2.98. The number of rotatable bonds is 3. The smallest absolute Gasteiger partial charge is 0.226 e. The molecule has 1 fully saturated rings. The molecule has 0 radical (unpaired) electrons. The maximum absolute atomic E-state index is 12.1. The number of carbonyl (C=O) groups excluding carboxylic acids is 1. The quantitative estimate of drug-likeness (QED) is 0.895. The van der Waals surface area contributed by atoms with Gasteiger partial charge in [0.05, 0.1) is 29.3 Å². The number of hydrogen-bond acceptors (Lipinski definition) is 4. The highest BCUT2D eigenvalue weighted by Gasteiger charge is 2.29. The van der Waals surface area contributed by atoms with Gasteiger partial charge in [0.1, 0.15) is 5.65 Å². The molecule has 0 bridgehead atoms. The Morgan fingerprint density at radius 2 is 2.29 bits per heavy atom. The van der Waals surface area contributed by atoms with Crippen LogP contribution in [0.2, 0.25) is 0 Å². The monoisotopic (exact) mass is 307 g/mol. The van der Waals surface area contributed by atoms with Crippen molar-refractivity contribution in [3.63, 3.8) is 0 Å². The third-order valence-electron chi connectivity index (χ3n) is 3.75. The van der Waals surface area contributed by atoms with Crippen LogP contribution in [0.15, 0.2) is 24.4 Å². The third kappa shape index (κ3) is 2.92. The number of pyridine rings is 1. The van der Waals surface area contributed by atoms with Gasteiger partial charge < -0.3 is 9.72 Å². The Labute approximate surface area is 123 Å². The predicted molar refractivity (Wildman–Crippen MR) is 78.8 cm³/mol. The average Bonchev–Trinajstić information content (AvgIpc) is 2.90. The van der Waals surface area contributed by atoms with E-state index in [9.17, 15) is 13.2 Å².